The molecule has 1 unspecified atom stereocenters. The zero-order chi connectivity index (χ0) is 25.8. The van der Waals surface area contributed by atoms with Crippen molar-refractivity contribution < 1.29 is 27.0 Å². The Morgan fingerprint density at radius 3 is 2.56 bits per heavy atom. The molecular weight excluding hydrogens is 504 g/mol. The van der Waals surface area contributed by atoms with E-state index in [1.54, 1.807) is 6.92 Å². The Hall–Kier alpha value is -3.44. The van der Waals surface area contributed by atoms with E-state index in [0.29, 0.717) is 5.82 Å². The molecule has 0 N–H and O–H groups in total. The van der Waals surface area contributed by atoms with Crippen LogP contribution in [0.1, 0.15) is 18.3 Å². The number of rotatable bonds is 10. The normalized spacial score (nSPS) is 12.4. The van der Waals surface area contributed by atoms with Crippen molar-refractivity contribution in [3.63, 3.8) is 0 Å². The molecule has 2 heterocycles. The van der Waals surface area contributed by atoms with Crippen molar-refractivity contribution in [2.75, 3.05) is 6.67 Å². The lowest BCUT2D eigenvalue weighted by molar-refractivity contribution is -0.000384. The van der Waals surface area contributed by atoms with E-state index in [2.05, 4.69) is 10.1 Å². The lowest BCUT2D eigenvalue weighted by atomic mass is 10.1. The maximum atomic E-state index is 14.7. The molecule has 0 bridgehead atoms. The summed E-state index contributed by atoms with van der Waals surface area (Å²) in [5, 5.41) is 3.79. The van der Waals surface area contributed by atoms with Crippen LogP contribution in [-0.4, -0.2) is 38.5 Å². The number of fused-ring (bicyclic) bond motifs is 1. The standard InChI is InChI=1S/C24H21ClF4N4O3/c1-2-32-20(13-35-12-14-6-4-3-5-7-14)31-33(24(32)34)15-8-16-17(27)11-30-22(25)21(16)18(9-15)36-19(10-26)23(28)29/h3-9,11,19,23H,2,10,12-13H2,1H3. The molecule has 0 amide bonds. The van der Waals surface area contributed by atoms with Crippen LogP contribution in [0.15, 0.2) is 53.5 Å². The number of nitrogens with zero attached hydrogens (tertiary/aromatic N) is 4. The number of aromatic nitrogens is 4. The Balaban J connectivity index is 1.76. The Morgan fingerprint density at radius 1 is 1.14 bits per heavy atom. The van der Waals surface area contributed by atoms with Gasteiger partial charge in [0.1, 0.15) is 30.0 Å². The van der Waals surface area contributed by atoms with Gasteiger partial charge in [-0.3, -0.25) is 4.57 Å². The molecule has 0 spiro atoms. The largest absolute Gasteiger partial charge is 0.481 e. The van der Waals surface area contributed by atoms with Gasteiger partial charge >= 0.3 is 5.69 Å². The second-order valence-electron chi connectivity index (χ2n) is 7.74. The van der Waals surface area contributed by atoms with Crippen LogP contribution >= 0.6 is 11.6 Å². The van der Waals surface area contributed by atoms with Crippen LogP contribution < -0.4 is 10.4 Å². The predicted octanol–water partition coefficient (Wildman–Crippen LogP) is 5.09. The molecule has 0 radical (unpaired) electrons. The summed E-state index contributed by atoms with van der Waals surface area (Å²) >= 11 is 6.09. The average molecular weight is 525 g/mol. The van der Waals surface area contributed by atoms with Gasteiger partial charge in [-0.2, -0.15) is 4.68 Å². The number of pyridine rings is 1. The summed E-state index contributed by atoms with van der Waals surface area (Å²) in [5.74, 6) is -0.907. The van der Waals surface area contributed by atoms with E-state index in [4.69, 9.17) is 21.1 Å². The lowest BCUT2D eigenvalue weighted by Gasteiger charge is -2.18. The SMILES string of the molecule is CCn1c(COCc2ccccc2)nn(-c2cc(OC(CF)C(F)F)c3c(Cl)ncc(F)c3c2)c1=O. The third-order valence-corrected chi connectivity index (χ3v) is 5.68. The number of halogens is 5. The fourth-order valence-corrected chi connectivity index (χ4v) is 3.89. The average Bonchev–Trinajstić information content (AvgIpc) is 3.19. The van der Waals surface area contributed by atoms with Crippen molar-refractivity contribution in [1.82, 2.24) is 19.3 Å². The van der Waals surface area contributed by atoms with Gasteiger partial charge in [-0.15, -0.1) is 5.10 Å². The van der Waals surface area contributed by atoms with E-state index in [-0.39, 0.29) is 47.1 Å². The van der Waals surface area contributed by atoms with Gasteiger partial charge in [0.25, 0.3) is 6.43 Å². The summed E-state index contributed by atoms with van der Waals surface area (Å²) in [5.41, 5.74) is 0.366. The fourth-order valence-electron chi connectivity index (χ4n) is 3.64. The zero-order valence-corrected chi connectivity index (χ0v) is 19.8. The second-order valence-corrected chi connectivity index (χ2v) is 8.10. The first-order valence-electron chi connectivity index (χ1n) is 10.9. The Kier molecular flexibility index (Phi) is 7.90. The molecule has 0 saturated carbocycles. The second kappa shape index (κ2) is 11.1. The molecule has 12 heteroatoms. The molecule has 7 nitrogen and oxygen atoms in total. The number of alkyl halides is 3. The van der Waals surface area contributed by atoms with Crippen LogP contribution in [-0.2, 0) is 24.5 Å². The molecule has 36 heavy (non-hydrogen) atoms. The van der Waals surface area contributed by atoms with E-state index in [1.807, 2.05) is 30.3 Å². The summed E-state index contributed by atoms with van der Waals surface area (Å²) in [6, 6.07) is 11.8. The molecule has 0 aliphatic heterocycles. The fraction of sp³-hybridized carbons (Fsp3) is 0.292. The van der Waals surface area contributed by atoms with Crippen molar-refractivity contribution in [2.24, 2.45) is 0 Å². The molecule has 0 aliphatic rings. The van der Waals surface area contributed by atoms with Crippen LogP contribution in [0.4, 0.5) is 17.6 Å². The Bertz CT molecular complexity index is 1410. The van der Waals surface area contributed by atoms with Crippen molar-refractivity contribution >= 4 is 22.4 Å². The summed E-state index contributed by atoms with van der Waals surface area (Å²) < 4.78 is 67.5. The van der Waals surface area contributed by atoms with Crippen LogP contribution in [0.5, 0.6) is 5.75 Å². The Labute approximate surface area is 207 Å². The smallest absolute Gasteiger partial charge is 0.350 e. The van der Waals surface area contributed by atoms with E-state index in [9.17, 15) is 22.4 Å². The molecule has 2 aromatic heterocycles. The molecule has 0 aliphatic carbocycles. The molecule has 4 rings (SSSR count). The monoisotopic (exact) mass is 524 g/mol. The summed E-state index contributed by atoms with van der Waals surface area (Å²) in [4.78, 5) is 16.8. The van der Waals surface area contributed by atoms with Gasteiger partial charge in [-0.05, 0) is 18.6 Å². The highest BCUT2D eigenvalue weighted by Gasteiger charge is 2.25. The maximum absolute atomic E-state index is 14.7. The number of hydrogen-bond donors (Lipinski definition) is 0. The topological polar surface area (TPSA) is 71.2 Å². The van der Waals surface area contributed by atoms with Gasteiger partial charge in [0, 0.05) is 18.0 Å². The highest BCUT2D eigenvalue weighted by atomic mass is 35.5. The molecule has 0 saturated heterocycles. The minimum absolute atomic E-state index is 0.00132. The number of ether oxygens (including phenoxy) is 2. The zero-order valence-electron chi connectivity index (χ0n) is 19.0. The first-order chi connectivity index (χ1) is 17.3. The van der Waals surface area contributed by atoms with E-state index >= 15 is 0 Å². The first-order valence-corrected chi connectivity index (χ1v) is 11.3. The van der Waals surface area contributed by atoms with Gasteiger partial charge in [0.05, 0.1) is 23.9 Å². The summed E-state index contributed by atoms with van der Waals surface area (Å²) in [6.45, 7) is 0.786. The van der Waals surface area contributed by atoms with E-state index in [1.165, 1.54) is 16.7 Å². The minimum atomic E-state index is -3.16. The molecule has 2 aromatic carbocycles. The molecule has 0 fully saturated rings. The third kappa shape index (κ3) is 5.21. The Morgan fingerprint density at radius 2 is 1.89 bits per heavy atom. The minimum Gasteiger partial charge on any atom is -0.481 e. The van der Waals surface area contributed by atoms with Crippen molar-refractivity contribution in [1.29, 1.82) is 0 Å². The predicted molar refractivity (Wildman–Crippen MR) is 125 cm³/mol. The van der Waals surface area contributed by atoms with Gasteiger partial charge in [-0.1, -0.05) is 41.9 Å². The third-order valence-electron chi connectivity index (χ3n) is 5.40. The molecular formula is C24H21ClF4N4O3. The van der Waals surface area contributed by atoms with Crippen LogP contribution in [0.2, 0.25) is 5.15 Å². The van der Waals surface area contributed by atoms with Crippen molar-refractivity contribution in [3.05, 3.63) is 81.5 Å². The van der Waals surface area contributed by atoms with Crippen molar-refractivity contribution in [3.8, 4) is 11.4 Å². The maximum Gasteiger partial charge on any atom is 0.350 e. The van der Waals surface area contributed by atoms with Gasteiger partial charge in [-0.25, -0.2) is 27.3 Å². The van der Waals surface area contributed by atoms with Crippen molar-refractivity contribution in [2.45, 2.75) is 39.2 Å². The van der Waals surface area contributed by atoms with Gasteiger partial charge in [0.2, 0.25) is 0 Å². The van der Waals surface area contributed by atoms with Gasteiger partial charge < -0.3 is 9.47 Å². The molecule has 1 atom stereocenters. The van der Waals surface area contributed by atoms with Crippen LogP contribution in [0.3, 0.4) is 0 Å². The molecule has 4 aromatic rings. The molecule has 190 valence electrons. The van der Waals surface area contributed by atoms with Gasteiger partial charge in [0.15, 0.2) is 11.9 Å². The highest BCUT2D eigenvalue weighted by molar-refractivity contribution is 6.34. The number of benzene rings is 2. The summed E-state index contributed by atoms with van der Waals surface area (Å²) in [6.07, 6.45) is -4.45. The van der Waals surface area contributed by atoms with E-state index in [0.717, 1.165) is 16.4 Å². The van der Waals surface area contributed by atoms with E-state index < -0.39 is 30.7 Å². The number of hydrogen-bond acceptors (Lipinski definition) is 5. The summed E-state index contributed by atoms with van der Waals surface area (Å²) in [7, 11) is 0. The van der Waals surface area contributed by atoms with Crippen LogP contribution in [0, 0.1) is 5.82 Å². The highest BCUT2D eigenvalue weighted by Crippen LogP contribution is 2.35. The lowest BCUT2D eigenvalue weighted by Crippen LogP contribution is -2.28. The quantitative estimate of drug-likeness (QED) is 0.213. The van der Waals surface area contributed by atoms with Crippen LogP contribution in [0.25, 0.3) is 16.5 Å². The first kappa shape index (κ1) is 25.6.